The second kappa shape index (κ2) is 8.17. The minimum Gasteiger partial charge on any atom is -0.389 e. The number of rotatable bonds is 8. The third-order valence-corrected chi connectivity index (χ3v) is 2.07. The van der Waals surface area contributed by atoms with Gasteiger partial charge in [0, 0.05) is 19.7 Å². The highest BCUT2D eigenvalue weighted by molar-refractivity contribution is 4.65. The topological polar surface area (TPSA) is 44.7 Å². The summed E-state index contributed by atoms with van der Waals surface area (Å²) in [5.41, 5.74) is 0. The normalized spacial score (nSPS) is 15.9. The standard InChI is InChI=1S/C10H24N2O2/c1-9(5-6-12(2)3)11-7-10(13)8-14-4/h9-11,13H,5-8H2,1-4H3. The van der Waals surface area contributed by atoms with Crippen molar-refractivity contribution in [1.29, 1.82) is 0 Å². The quantitative estimate of drug-likeness (QED) is 0.581. The number of aliphatic hydroxyl groups excluding tert-OH is 1. The van der Waals surface area contributed by atoms with E-state index in [1.807, 2.05) is 0 Å². The molecule has 0 aromatic heterocycles. The molecule has 0 aliphatic rings. The lowest BCUT2D eigenvalue weighted by Gasteiger charge is -2.18. The second-order valence-corrected chi connectivity index (χ2v) is 4.01. The average molecular weight is 204 g/mol. The lowest BCUT2D eigenvalue weighted by atomic mass is 10.2. The van der Waals surface area contributed by atoms with Crippen molar-refractivity contribution in [3.8, 4) is 0 Å². The second-order valence-electron chi connectivity index (χ2n) is 4.01. The Morgan fingerprint density at radius 2 is 2.07 bits per heavy atom. The molecule has 2 unspecified atom stereocenters. The van der Waals surface area contributed by atoms with E-state index in [9.17, 15) is 5.11 Å². The van der Waals surface area contributed by atoms with Gasteiger partial charge in [-0.05, 0) is 34.0 Å². The predicted molar refractivity (Wildman–Crippen MR) is 58.5 cm³/mol. The van der Waals surface area contributed by atoms with E-state index in [0.717, 1.165) is 13.0 Å². The molecule has 0 radical (unpaired) electrons. The molecule has 4 heteroatoms. The number of methoxy groups -OCH3 is 1. The van der Waals surface area contributed by atoms with Crippen LogP contribution < -0.4 is 5.32 Å². The Bertz CT molecular complexity index is 131. The lowest BCUT2D eigenvalue weighted by molar-refractivity contribution is 0.0627. The van der Waals surface area contributed by atoms with Gasteiger partial charge in [0.1, 0.15) is 0 Å². The van der Waals surface area contributed by atoms with Crippen LogP contribution in [0.3, 0.4) is 0 Å². The van der Waals surface area contributed by atoms with Crippen molar-refractivity contribution in [2.24, 2.45) is 0 Å². The molecule has 14 heavy (non-hydrogen) atoms. The molecule has 86 valence electrons. The van der Waals surface area contributed by atoms with E-state index in [2.05, 4.69) is 31.2 Å². The number of nitrogens with zero attached hydrogens (tertiary/aromatic N) is 1. The molecule has 0 fully saturated rings. The zero-order valence-electron chi connectivity index (χ0n) is 9.79. The molecule has 2 atom stereocenters. The van der Waals surface area contributed by atoms with Gasteiger partial charge in [0.2, 0.25) is 0 Å². The highest BCUT2D eigenvalue weighted by Crippen LogP contribution is 1.92. The summed E-state index contributed by atoms with van der Waals surface area (Å²) < 4.78 is 4.84. The Morgan fingerprint density at radius 1 is 1.43 bits per heavy atom. The first-order valence-electron chi connectivity index (χ1n) is 5.11. The van der Waals surface area contributed by atoms with Crippen molar-refractivity contribution < 1.29 is 9.84 Å². The van der Waals surface area contributed by atoms with E-state index in [1.54, 1.807) is 7.11 Å². The first-order chi connectivity index (χ1) is 6.56. The summed E-state index contributed by atoms with van der Waals surface area (Å²) in [6.07, 6.45) is 0.689. The fourth-order valence-corrected chi connectivity index (χ4v) is 1.14. The summed E-state index contributed by atoms with van der Waals surface area (Å²) in [5.74, 6) is 0. The number of hydrogen-bond donors (Lipinski definition) is 2. The van der Waals surface area contributed by atoms with Crippen LogP contribution in [0.5, 0.6) is 0 Å². The van der Waals surface area contributed by atoms with Crippen LogP contribution >= 0.6 is 0 Å². The Morgan fingerprint density at radius 3 is 2.57 bits per heavy atom. The lowest BCUT2D eigenvalue weighted by Crippen LogP contribution is -2.37. The molecule has 0 amide bonds. The maximum absolute atomic E-state index is 9.38. The van der Waals surface area contributed by atoms with E-state index in [0.29, 0.717) is 19.2 Å². The molecule has 0 aromatic carbocycles. The smallest absolute Gasteiger partial charge is 0.0897 e. The van der Waals surface area contributed by atoms with Crippen molar-refractivity contribution in [3.63, 3.8) is 0 Å². The van der Waals surface area contributed by atoms with E-state index < -0.39 is 6.10 Å². The third kappa shape index (κ3) is 8.44. The molecular weight excluding hydrogens is 180 g/mol. The van der Waals surface area contributed by atoms with Gasteiger partial charge in [-0.3, -0.25) is 0 Å². The van der Waals surface area contributed by atoms with Crippen LogP contribution in [0, 0.1) is 0 Å². The number of nitrogens with one attached hydrogen (secondary N) is 1. The zero-order chi connectivity index (χ0) is 11.0. The van der Waals surface area contributed by atoms with Gasteiger partial charge in [0.25, 0.3) is 0 Å². The zero-order valence-corrected chi connectivity index (χ0v) is 9.79. The highest BCUT2D eigenvalue weighted by Gasteiger charge is 2.06. The number of aliphatic hydroxyl groups is 1. The van der Waals surface area contributed by atoms with E-state index >= 15 is 0 Å². The summed E-state index contributed by atoms with van der Waals surface area (Å²) >= 11 is 0. The molecule has 0 aliphatic carbocycles. The molecule has 0 heterocycles. The molecule has 0 saturated carbocycles. The van der Waals surface area contributed by atoms with Crippen molar-refractivity contribution in [2.75, 3.05) is 40.9 Å². The Balaban J connectivity index is 3.38. The van der Waals surface area contributed by atoms with Crippen LogP contribution in [0.25, 0.3) is 0 Å². The Labute approximate surface area is 87.2 Å². The maximum Gasteiger partial charge on any atom is 0.0897 e. The summed E-state index contributed by atoms with van der Waals surface area (Å²) in [7, 11) is 5.72. The van der Waals surface area contributed by atoms with Crippen LogP contribution in [0.1, 0.15) is 13.3 Å². The Kier molecular flexibility index (Phi) is 8.08. The minimum absolute atomic E-state index is 0.396. The Hall–Kier alpha value is -0.160. The van der Waals surface area contributed by atoms with E-state index in [4.69, 9.17) is 4.74 Å². The number of ether oxygens (including phenoxy) is 1. The first-order valence-corrected chi connectivity index (χ1v) is 5.11. The van der Waals surface area contributed by atoms with Crippen molar-refractivity contribution in [1.82, 2.24) is 10.2 Å². The molecule has 0 aromatic rings. The molecule has 4 nitrogen and oxygen atoms in total. The summed E-state index contributed by atoms with van der Waals surface area (Å²) in [6, 6.07) is 0.434. The van der Waals surface area contributed by atoms with Crippen LogP contribution in [0.15, 0.2) is 0 Å². The minimum atomic E-state index is -0.401. The van der Waals surface area contributed by atoms with Gasteiger partial charge >= 0.3 is 0 Å². The van der Waals surface area contributed by atoms with Crippen molar-refractivity contribution >= 4 is 0 Å². The molecule has 0 saturated heterocycles. The van der Waals surface area contributed by atoms with E-state index in [1.165, 1.54) is 0 Å². The molecule has 0 aliphatic heterocycles. The van der Waals surface area contributed by atoms with Crippen LogP contribution in [0.2, 0.25) is 0 Å². The summed E-state index contributed by atoms with van der Waals surface area (Å²) in [5, 5.41) is 12.6. The van der Waals surface area contributed by atoms with Gasteiger partial charge in [0.05, 0.1) is 12.7 Å². The van der Waals surface area contributed by atoms with E-state index in [-0.39, 0.29) is 0 Å². The largest absolute Gasteiger partial charge is 0.389 e. The fraction of sp³-hybridized carbons (Fsp3) is 1.00. The van der Waals surface area contributed by atoms with Gasteiger partial charge < -0.3 is 20.1 Å². The van der Waals surface area contributed by atoms with Gasteiger partial charge in [0.15, 0.2) is 0 Å². The molecular formula is C10H24N2O2. The summed E-state index contributed by atoms with van der Waals surface area (Å²) in [6.45, 7) is 4.19. The molecule has 2 N–H and O–H groups in total. The van der Waals surface area contributed by atoms with Crippen molar-refractivity contribution in [2.45, 2.75) is 25.5 Å². The SMILES string of the molecule is COCC(O)CNC(C)CCN(C)C. The summed E-state index contributed by atoms with van der Waals surface area (Å²) in [4.78, 5) is 2.16. The van der Waals surface area contributed by atoms with Crippen LogP contribution in [0.4, 0.5) is 0 Å². The maximum atomic E-state index is 9.38. The fourth-order valence-electron chi connectivity index (χ4n) is 1.14. The molecule has 0 spiro atoms. The monoisotopic (exact) mass is 204 g/mol. The molecule has 0 rings (SSSR count). The van der Waals surface area contributed by atoms with Gasteiger partial charge in [-0.1, -0.05) is 0 Å². The molecule has 0 bridgehead atoms. The van der Waals surface area contributed by atoms with Crippen LogP contribution in [-0.4, -0.2) is 63.1 Å². The van der Waals surface area contributed by atoms with Crippen LogP contribution in [-0.2, 0) is 4.74 Å². The van der Waals surface area contributed by atoms with Gasteiger partial charge in [-0.25, -0.2) is 0 Å². The van der Waals surface area contributed by atoms with Gasteiger partial charge in [-0.15, -0.1) is 0 Å². The van der Waals surface area contributed by atoms with Gasteiger partial charge in [-0.2, -0.15) is 0 Å². The first kappa shape index (κ1) is 13.8. The number of hydrogen-bond acceptors (Lipinski definition) is 4. The van der Waals surface area contributed by atoms with Crippen molar-refractivity contribution in [3.05, 3.63) is 0 Å². The highest BCUT2D eigenvalue weighted by atomic mass is 16.5. The third-order valence-electron chi connectivity index (χ3n) is 2.07. The average Bonchev–Trinajstić information content (AvgIpc) is 2.12. The predicted octanol–water partition coefficient (Wildman–Crippen LogP) is -0.0765.